The minimum Gasteiger partial charge on any atom is -0.338 e. The number of nitrogens with one attached hydrogen (secondary N) is 1. The lowest BCUT2D eigenvalue weighted by atomic mass is 9.92. The summed E-state index contributed by atoms with van der Waals surface area (Å²) in [6.07, 6.45) is 9.79. The van der Waals surface area contributed by atoms with Gasteiger partial charge in [-0.25, -0.2) is 0 Å². The monoisotopic (exact) mass is 266 g/mol. The number of carbonyl (C=O) groups excluding carboxylic acids is 1. The molecule has 0 aromatic rings. The van der Waals surface area contributed by atoms with Gasteiger partial charge in [0.15, 0.2) is 0 Å². The van der Waals surface area contributed by atoms with E-state index < -0.39 is 0 Å². The lowest BCUT2D eigenvalue weighted by molar-refractivity contribution is -0.139. The van der Waals surface area contributed by atoms with E-state index in [1.54, 1.807) is 0 Å². The van der Waals surface area contributed by atoms with Crippen LogP contribution in [0.2, 0.25) is 0 Å². The quantitative estimate of drug-likeness (QED) is 0.794. The maximum atomic E-state index is 12.7. The van der Waals surface area contributed by atoms with Gasteiger partial charge >= 0.3 is 0 Å². The predicted molar refractivity (Wildman–Crippen MR) is 79.1 cm³/mol. The zero-order valence-electron chi connectivity index (χ0n) is 12.7. The highest BCUT2D eigenvalue weighted by Crippen LogP contribution is 2.29. The van der Waals surface area contributed by atoms with Gasteiger partial charge in [-0.15, -0.1) is 0 Å². The van der Waals surface area contributed by atoms with Crippen molar-refractivity contribution in [3.8, 4) is 0 Å². The largest absolute Gasteiger partial charge is 0.338 e. The topological polar surface area (TPSA) is 32.3 Å². The van der Waals surface area contributed by atoms with E-state index in [1.165, 1.54) is 32.1 Å². The fraction of sp³-hybridized carbons (Fsp3) is 0.938. The van der Waals surface area contributed by atoms with Crippen LogP contribution in [-0.4, -0.2) is 36.0 Å². The molecule has 1 heterocycles. The highest BCUT2D eigenvalue weighted by atomic mass is 16.2. The molecule has 1 saturated heterocycles. The maximum absolute atomic E-state index is 12.7. The molecule has 2 rings (SSSR count). The number of carbonyl (C=O) groups is 1. The first-order chi connectivity index (χ1) is 9.24. The van der Waals surface area contributed by atoms with Crippen LogP contribution >= 0.6 is 0 Å². The molecule has 3 heteroatoms. The Morgan fingerprint density at radius 2 is 1.95 bits per heavy atom. The van der Waals surface area contributed by atoms with Gasteiger partial charge in [-0.3, -0.25) is 4.79 Å². The minimum absolute atomic E-state index is 0.0872. The van der Waals surface area contributed by atoms with E-state index in [0.717, 1.165) is 32.4 Å². The first-order valence-electron chi connectivity index (χ1n) is 8.28. The summed E-state index contributed by atoms with van der Waals surface area (Å²) in [5, 5.41) is 3.43. The Kier molecular flexibility index (Phi) is 5.68. The van der Waals surface area contributed by atoms with E-state index in [0.29, 0.717) is 17.9 Å². The second-order valence-electron chi connectivity index (χ2n) is 6.36. The summed E-state index contributed by atoms with van der Waals surface area (Å²) in [5.74, 6) is 1.05. The van der Waals surface area contributed by atoms with E-state index in [1.807, 2.05) is 0 Å². The fourth-order valence-electron chi connectivity index (χ4n) is 3.67. The van der Waals surface area contributed by atoms with Crippen LogP contribution in [0, 0.1) is 5.92 Å². The smallest absolute Gasteiger partial charge is 0.239 e. The lowest BCUT2D eigenvalue weighted by Gasteiger charge is -2.40. The Morgan fingerprint density at radius 3 is 2.74 bits per heavy atom. The van der Waals surface area contributed by atoms with Crippen LogP contribution in [-0.2, 0) is 4.79 Å². The summed E-state index contributed by atoms with van der Waals surface area (Å²) in [6.45, 7) is 6.44. The van der Waals surface area contributed by atoms with Crippen molar-refractivity contribution in [1.29, 1.82) is 0 Å². The molecule has 3 atom stereocenters. The van der Waals surface area contributed by atoms with Gasteiger partial charge in [0.2, 0.25) is 5.91 Å². The van der Waals surface area contributed by atoms with Gasteiger partial charge in [0.1, 0.15) is 0 Å². The van der Waals surface area contributed by atoms with Gasteiger partial charge in [-0.1, -0.05) is 33.1 Å². The molecule has 0 spiro atoms. The Labute approximate surface area is 118 Å². The average Bonchev–Trinajstić information content (AvgIpc) is 2.62. The first kappa shape index (κ1) is 14.8. The molecule has 2 fully saturated rings. The van der Waals surface area contributed by atoms with E-state index in [9.17, 15) is 4.79 Å². The minimum atomic E-state index is 0.0872. The van der Waals surface area contributed by atoms with Crippen LogP contribution in [0.4, 0.5) is 0 Å². The van der Waals surface area contributed by atoms with Crippen LogP contribution in [0.5, 0.6) is 0 Å². The summed E-state index contributed by atoms with van der Waals surface area (Å²) in [7, 11) is 0. The number of likely N-dealkylation sites (tertiary alicyclic amines) is 1. The summed E-state index contributed by atoms with van der Waals surface area (Å²) >= 11 is 0. The van der Waals surface area contributed by atoms with Gasteiger partial charge in [-0.05, 0) is 44.6 Å². The van der Waals surface area contributed by atoms with Crippen molar-refractivity contribution < 1.29 is 4.79 Å². The third-order valence-electron chi connectivity index (χ3n) is 4.83. The van der Waals surface area contributed by atoms with Crippen molar-refractivity contribution >= 4 is 5.91 Å². The number of hydrogen-bond donors (Lipinski definition) is 1. The second-order valence-corrected chi connectivity index (χ2v) is 6.36. The van der Waals surface area contributed by atoms with Crippen molar-refractivity contribution in [2.24, 2.45) is 5.92 Å². The van der Waals surface area contributed by atoms with E-state index >= 15 is 0 Å². The van der Waals surface area contributed by atoms with E-state index in [4.69, 9.17) is 0 Å². The highest BCUT2D eigenvalue weighted by molar-refractivity contribution is 5.83. The number of piperidine rings is 1. The van der Waals surface area contributed by atoms with Gasteiger partial charge in [-0.2, -0.15) is 0 Å². The molecule has 1 saturated carbocycles. The molecule has 0 radical (unpaired) electrons. The summed E-state index contributed by atoms with van der Waals surface area (Å²) in [5.41, 5.74) is 0. The fourth-order valence-corrected chi connectivity index (χ4v) is 3.67. The van der Waals surface area contributed by atoms with Gasteiger partial charge < -0.3 is 10.2 Å². The number of amides is 1. The van der Waals surface area contributed by atoms with Gasteiger partial charge in [0.25, 0.3) is 0 Å². The maximum Gasteiger partial charge on any atom is 0.239 e. The Bertz CT molecular complexity index is 292. The zero-order valence-corrected chi connectivity index (χ0v) is 12.7. The third kappa shape index (κ3) is 3.71. The molecule has 1 amide bonds. The van der Waals surface area contributed by atoms with Crippen molar-refractivity contribution in [3.63, 3.8) is 0 Å². The van der Waals surface area contributed by atoms with Crippen molar-refractivity contribution in [3.05, 3.63) is 0 Å². The molecule has 110 valence electrons. The number of nitrogens with zero attached hydrogens (tertiary/aromatic N) is 1. The molecule has 0 bridgehead atoms. The zero-order chi connectivity index (χ0) is 13.7. The summed E-state index contributed by atoms with van der Waals surface area (Å²) in [6, 6.07) is 0.588. The van der Waals surface area contributed by atoms with Crippen LogP contribution < -0.4 is 5.32 Å². The molecule has 19 heavy (non-hydrogen) atoms. The van der Waals surface area contributed by atoms with Crippen LogP contribution in [0.25, 0.3) is 0 Å². The van der Waals surface area contributed by atoms with Gasteiger partial charge in [0, 0.05) is 12.6 Å². The standard InChI is InChI=1S/C16H30N2O/c1-3-11-17-14-9-7-12-18(16(14)19)15-10-6-4-5-8-13(15)2/h13-15,17H,3-12H2,1-2H3. The molecule has 3 nitrogen and oxygen atoms in total. The van der Waals surface area contributed by atoms with Crippen LogP contribution in [0.3, 0.4) is 0 Å². The van der Waals surface area contributed by atoms with Crippen LogP contribution in [0.15, 0.2) is 0 Å². The highest BCUT2D eigenvalue weighted by Gasteiger charge is 2.35. The molecular formula is C16H30N2O. The first-order valence-corrected chi connectivity index (χ1v) is 8.28. The molecule has 3 unspecified atom stereocenters. The predicted octanol–water partition coefficient (Wildman–Crippen LogP) is 2.95. The Hall–Kier alpha value is -0.570. The SMILES string of the molecule is CCCNC1CCCN(C2CCCCCC2C)C1=O. The molecule has 2 aliphatic rings. The molecule has 0 aromatic heterocycles. The summed E-state index contributed by atoms with van der Waals surface area (Å²) in [4.78, 5) is 14.9. The molecule has 0 aromatic carbocycles. The van der Waals surface area contributed by atoms with Crippen LogP contribution in [0.1, 0.15) is 65.2 Å². The molecule has 1 N–H and O–H groups in total. The molecule has 1 aliphatic carbocycles. The Balaban J connectivity index is 1.99. The second kappa shape index (κ2) is 7.28. The lowest BCUT2D eigenvalue weighted by Crippen LogP contribution is -2.55. The summed E-state index contributed by atoms with van der Waals surface area (Å²) < 4.78 is 0. The number of rotatable bonds is 4. The van der Waals surface area contributed by atoms with Crippen molar-refractivity contribution in [2.45, 2.75) is 77.3 Å². The van der Waals surface area contributed by atoms with Crippen molar-refractivity contribution in [1.82, 2.24) is 10.2 Å². The molecule has 1 aliphatic heterocycles. The van der Waals surface area contributed by atoms with E-state index in [-0.39, 0.29) is 6.04 Å². The normalized spacial score (nSPS) is 33.3. The number of hydrogen-bond acceptors (Lipinski definition) is 2. The third-order valence-corrected chi connectivity index (χ3v) is 4.83. The van der Waals surface area contributed by atoms with E-state index in [2.05, 4.69) is 24.1 Å². The average molecular weight is 266 g/mol. The molecular weight excluding hydrogens is 236 g/mol. The Morgan fingerprint density at radius 1 is 1.16 bits per heavy atom. The van der Waals surface area contributed by atoms with Gasteiger partial charge in [0.05, 0.1) is 6.04 Å². The van der Waals surface area contributed by atoms with Crippen molar-refractivity contribution in [2.75, 3.05) is 13.1 Å².